The molecule has 22 heavy (non-hydrogen) atoms. The Bertz CT molecular complexity index is 336. The molecule has 2 atom stereocenters. The summed E-state index contributed by atoms with van der Waals surface area (Å²) in [5, 5.41) is 8.56. The number of hydrogen-bond acceptors (Lipinski definition) is 3. The van der Waals surface area contributed by atoms with E-state index in [9.17, 15) is 9.59 Å². The van der Waals surface area contributed by atoms with E-state index in [2.05, 4.69) is 20.8 Å². The van der Waals surface area contributed by atoms with E-state index in [-0.39, 0.29) is 6.10 Å². The van der Waals surface area contributed by atoms with Crippen molar-refractivity contribution in [2.75, 3.05) is 0 Å². The van der Waals surface area contributed by atoms with Gasteiger partial charge >= 0.3 is 11.9 Å². The van der Waals surface area contributed by atoms with Crippen LogP contribution in [0.2, 0.25) is 0 Å². The average Bonchev–Trinajstić information content (AvgIpc) is 2.49. The van der Waals surface area contributed by atoms with Crippen molar-refractivity contribution >= 4 is 11.9 Å². The fourth-order valence-electron chi connectivity index (χ4n) is 2.54. The molecule has 0 spiro atoms. The molecule has 0 aliphatic heterocycles. The van der Waals surface area contributed by atoms with Crippen molar-refractivity contribution in [1.82, 2.24) is 0 Å². The molecule has 0 saturated carbocycles. The molecule has 1 N–H and O–H groups in total. The molecule has 0 saturated heterocycles. The molecule has 0 aromatic heterocycles. The minimum absolute atomic E-state index is 0.0979. The number of carboxylic acid groups (broad SMARTS) is 1. The van der Waals surface area contributed by atoms with Gasteiger partial charge in [-0.05, 0) is 25.2 Å². The Morgan fingerprint density at radius 1 is 1.00 bits per heavy atom. The molecule has 0 amide bonds. The molecule has 0 aromatic carbocycles. The second-order valence-corrected chi connectivity index (χ2v) is 5.88. The zero-order chi connectivity index (χ0) is 16.8. The van der Waals surface area contributed by atoms with Crippen LogP contribution >= 0.6 is 0 Å². The molecule has 0 aliphatic rings. The summed E-state index contributed by atoms with van der Waals surface area (Å²) < 4.78 is 5.47. The van der Waals surface area contributed by atoms with Gasteiger partial charge in [0, 0.05) is 12.2 Å². The molecule has 0 fully saturated rings. The molecular formula is C18H32O4. The van der Waals surface area contributed by atoms with Crippen LogP contribution in [0.1, 0.15) is 78.6 Å². The maximum absolute atomic E-state index is 11.7. The third-order valence-electron chi connectivity index (χ3n) is 3.91. The quantitative estimate of drug-likeness (QED) is 0.303. The van der Waals surface area contributed by atoms with Crippen molar-refractivity contribution < 1.29 is 19.4 Å². The Morgan fingerprint density at radius 3 is 2.23 bits per heavy atom. The molecule has 0 bridgehead atoms. The van der Waals surface area contributed by atoms with Crippen LogP contribution in [0.5, 0.6) is 0 Å². The van der Waals surface area contributed by atoms with E-state index in [1.165, 1.54) is 19.3 Å². The molecule has 0 heterocycles. The van der Waals surface area contributed by atoms with Crippen LogP contribution < -0.4 is 0 Å². The van der Waals surface area contributed by atoms with Crippen molar-refractivity contribution in [3.63, 3.8) is 0 Å². The Labute approximate surface area is 134 Å². The highest BCUT2D eigenvalue weighted by molar-refractivity contribution is 5.90. The number of carboxylic acids is 1. The summed E-state index contributed by atoms with van der Waals surface area (Å²) in [4.78, 5) is 22.2. The summed E-state index contributed by atoms with van der Waals surface area (Å²) in [7, 11) is 0. The van der Waals surface area contributed by atoms with Crippen LogP contribution in [0.25, 0.3) is 0 Å². The van der Waals surface area contributed by atoms with Gasteiger partial charge in [0.05, 0.1) is 0 Å². The normalized spacial score (nSPS) is 14.0. The third kappa shape index (κ3) is 11.4. The minimum atomic E-state index is -1.13. The standard InChI is InChI=1S/C18H32O4/c1-4-7-9-11-16(14-15(6-3)10-8-5-2)22-18(21)13-12-17(19)20/h12-13,15-16H,4-11,14H2,1-3H3,(H,19,20)/b13-12-. The van der Waals surface area contributed by atoms with Crippen LogP contribution in [0.4, 0.5) is 0 Å². The van der Waals surface area contributed by atoms with Crippen LogP contribution in [-0.2, 0) is 14.3 Å². The number of ether oxygens (including phenoxy) is 1. The van der Waals surface area contributed by atoms with Gasteiger partial charge in [-0.25, -0.2) is 9.59 Å². The van der Waals surface area contributed by atoms with E-state index in [4.69, 9.17) is 9.84 Å². The van der Waals surface area contributed by atoms with Crippen molar-refractivity contribution in [1.29, 1.82) is 0 Å². The van der Waals surface area contributed by atoms with Crippen molar-refractivity contribution in [3.05, 3.63) is 12.2 Å². The number of rotatable bonds is 13. The molecule has 4 nitrogen and oxygen atoms in total. The number of esters is 1. The zero-order valence-corrected chi connectivity index (χ0v) is 14.3. The van der Waals surface area contributed by atoms with E-state index in [1.54, 1.807) is 0 Å². The lowest BCUT2D eigenvalue weighted by Gasteiger charge is -2.22. The lowest BCUT2D eigenvalue weighted by molar-refractivity contribution is -0.144. The van der Waals surface area contributed by atoms with Crippen LogP contribution in [0, 0.1) is 5.92 Å². The molecule has 128 valence electrons. The van der Waals surface area contributed by atoms with E-state index in [0.29, 0.717) is 5.92 Å². The first-order valence-electron chi connectivity index (χ1n) is 8.64. The third-order valence-corrected chi connectivity index (χ3v) is 3.91. The number of hydrogen-bond donors (Lipinski definition) is 1. The summed E-state index contributed by atoms with van der Waals surface area (Å²) in [5.74, 6) is -1.11. The van der Waals surface area contributed by atoms with Crippen LogP contribution in [0.15, 0.2) is 12.2 Å². The molecular weight excluding hydrogens is 280 g/mol. The maximum atomic E-state index is 11.7. The van der Waals surface area contributed by atoms with Gasteiger partial charge in [0.2, 0.25) is 0 Å². The fourth-order valence-corrected chi connectivity index (χ4v) is 2.54. The Hall–Kier alpha value is -1.32. The lowest BCUT2D eigenvalue weighted by Crippen LogP contribution is -2.21. The topological polar surface area (TPSA) is 63.6 Å². The molecule has 0 rings (SSSR count). The predicted molar refractivity (Wildman–Crippen MR) is 88.7 cm³/mol. The fraction of sp³-hybridized carbons (Fsp3) is 0.778. The smallest absolute Gasteiger partial charge is 0.331 e. The number of carbonyl (C=O) groups is 2. The maximum Gasteiger partial charge on any atom is 0.331 e. The van der Waals surface area contributed by atoms with E-state index >= 15 is 0 Å². The molecule has 0 aliphatic carbocycles. The van der Waals surface area contributed by atoms with Gasteiger partial charge in [-0.2, -0.15) is 0 Å². The van der Waals surface area contributed by atoms with Gasteiger partial charge in [-0.3, -0.25) is 0 Å². The summed E-state index contributed by atoms with van der Waals surface area (Å²) in [6.07, 6.45) is 11.4. The van der Waals surface area contributed by atoms with Gasteiger partial charge in [0.15, 0.2) is 0 Å². The monoisotopic (exact) mass is 312 g/mol. The molecule has 2 unspecified atom stereocenters. The second-order valence-electron chi connectivity index (χ2n) is 5.88. The van der Waals surface area contributed by atoms with Gasteiger partial charge in [-0.1, -0.05) is 59.3 Å². The van der Waals surface area contributed by atoms with E-state index < -0.39 is 11.9 Å². The molecule has 4 heteroatoms. The predicted octanol–water partition coefficient (Wildman–Crippen LogP) is 4.73. The van der Waals surface area contributed by atoms with Gasteiger partial charge in [0.1, 0.15) is 6.10 Å². The van der Waals surface area contributed by atoms with E-state index in [1.807, 2.05) is 0 Å². The Morgan fingerprint density at radius 2 is 1.68 bits per heavy atom. The van der Waals surface area contributed by atoms with Crippen LogP contribution in [-0.4, -0.2) is 23.1 Å². The number of carbonyl (C=O) groups excluding carboxylic acids is 1. The highest BCUT2D eigenvalue weighted by atomic mass is 16.5. The summed E-state index contributed by atoms with van der Waals surface area (Å²) in [6.45, 7) is 6.50. The Balaban J connectivity index is 4.51. The van der Waals surface area contributed by atoms with Gasteiger partial charge in [0.25, 0.3) is 0 Å². The highest BCUT2D eigenvalue weighted by Gasteiger charge is 2.18. The van der Waals surface area contributed by atoms with Gasteiger partial charge < -0.3 is 9.84 Å². The average molecular weight is 312 g/mol. The largest absolute Gasteiger partial charge is 0.478 e. The molecule has 0 aromatic rings. The lowest BCUT2D eigenvalue weighted by atomic mass is 9.91. The number of aliphatic carboxylic acids is 1. The molecule has 0 radical (unpaired) electrons. The van der Waals surface area contributed by atoms with Crippen molar-refractivity contribution in [2.24, 2.45) is 5.92 Å². The first kappa shape index (κ1) is 20.7. The SMILES string of the molecule is CCCCCC(CC(CC)CCCC)OC(=O)/C=C\C(=O)O. The zero-order valence-electron chi connectivity index (χ0n) is 14.3. The second kappa shape index (κ2) is 13.4. The summed E-state index contributed by atoms with van der Waals surface area (Å²) >= 11 is 0. The highest BCUT2D eigenvalue weighted by Crippen LogP contribution is 2.23. The summed E-state index contributed by atoms with van der Waals surface area (Å²) in [5.41, 5.74) is 0. The first-order valence-corrected chi connectivity index (χ1v) is 8.64. The van der Waals surface area contributed by atoms with Crippen molar-refractivity contribution in [2.45, 2.75) is 84.7 Å². The number of unbranched alkanes of at least 4 members (excludes halogenated alkanes) is 3. The first-order chi connectivity index (χ1) is 10.5. The Kier molecular flexibility index (Phi) is 12.5. The van der Waals surface area contributed by atoms with E-state index in [0.717, 1.165) is 50.7 Å². The van der Waals surface area contributed by atoms with Crippen LogP contribution in [0.3, 0.4) is 0 Å². The van der Waals surface area contributed by atoms with Gasteiger partial charge in [-0.15, -0.1) is 0 Å². The minimum Gasteiger partial charge on any atom is -0.478 e. The summed E-state index contributed by atoms with van der Waals surface area (Å²) in [6, 6.07) is 0. The van der Waals surface area contributed by atoms with Crippen molar-refractivity contribution in [3.8, 4) is 0 Å².